The molecule has 1 N–H and O–H groups in total. The Balaban J connectivity index is 2.49. The number of benzene rings is 1. The topological polar surface area (TPSA) is 126 Å². The van der Waals surface area contributed by atoms with Crippen molar-refractivity contribution in [2.24, 2.45) is 5.41 Å². The molecule has 31 heavy (non-hydrogen) atoms. The van der Waals surface area contributed by atoms with Crippen molar-refractivity contribution in [1.82, 2.24) is 5.32 Å². The summed E-state index contributed by atoms with van der Waals surface area (Å²) < 4.78 is 20.6. The number of carbonyl (C=O) groups is 2. The highest BCUT2D eigenvalue weighted by molar-refractivity contribution is 5.65. The number of hydrogen-bond donors (Lipinski definition) is 1. The quantitative estimate of drug-likeness (QED) is 0.397. The lowest BCUT2D eigenvalue weighted by molar-refractivity contribution is -0.384. The summed E-state index contributed by atoms with van der Waals surface area (Å²) in [5.41, 5.74) is 0.849. The number of nitrogens with zero attached hydrogens (tertiary/aromatic N) is 1. The minimum Gasteiger partial charge on any atom is -0.437 e. The average molecular weight is 434 g/mol. The predicted octanol–water partition coefficient (Wildman–Crippen LogP) is 4.73. The molecule has 0 fully saturated rings. The van der Waals surface area contributed by atoms with Crippen molar-refractivity contribution >= 4 is 18.0 Å². The van der Waals surface area contributed by atoms with Crippen LogP contribution in [0.25, 0.3) is 0 Å². The molecule has 1 aliphatic rings. The molecule has 0 aromatic heterocycles. The second-order valence-electron chi connectivity index (χ2n) is 8.15. The van der Waals surface area contributed by atoms with Gasteiger partial charge in [-0.3, -0.25) is 10.1 Å². The Morgan fingerprint density at radius 2 is 1.68 bits per heavy atom. The van der Waals surface area contributed by atoms with E-state index in [4.69, 9.17) is 14.2 Å². The maximum absolute atomic E-state index is 12.4. The van der Waals surface area contributed by atoms with Crippen LogP contribution in [0.3, 0.4) is 0 Å². The zero-order valence-corrected chi connectivity index (χ0v) is 18.3. The molecule has 1 aromatic rings. The predicted molar refractivity (Wildman–Crippen MR) is 110 cm³/mol. The molecule has 0 bridgehead atoms. The highest BCUT2D eigenvalue weighted by Crippen LogP contribution is 2.40. The van der Waals surface area contributed by atoms with E-state index in [0.29, 0.717) is 17.0 Å². The summed E-state index contributed by atoms with van der Waals surface area (Å²) in [6.07, 6.45) is -1.93. The van der Waals surface area contributed by atoms with Gasteiger partial charge in [-0.15, -0.1) is 0 Å². The van der Waals surface area contributed by atoms with Crippen LogP contribution >= 0.6 is 0 Å². The van der Waals surface area contributed by atoms with E-state index in [1.807, 2.05) is 20.8 Å². The van der Waals surface area contributed by atoms with Gasteiger partial charge in [0.05, 0.1) is 30.0 Å². The van der Waals surface area contributed by atoms with Gasteiger partial charge in [-0.05, 0) is 24.8 Å². The highest BCUT2D eigenvalue weighted by Gasteiger charge is 2.36. The maximum Gasteiger partial charge on any atom is 0.513 e. The van der Waals surface area contributed by atoms with E-state index in [1.54, 1.807) is 19.9 Å². The molecule has 1 heterocycles. The molecule has 0 saturated heterocycles. The van der Waals surface area contributed by atoms with E-state index >= 15 is 0 Å². The first kappa shape index (κ1) is 23.7. The van der Waals surface area contributed by atoms with Crippen LogP contribution in [0.15, 0.2) is 47.2 Å². The molecular weight excluding hydrogens is 408 g/mol. The van der Waals surface area contributed by atoms with Crippen LogP contribution in [0, 0.1) is 15.5 Å². The van der Waals surface area contributed by atoms with E-state index < -0.39 is 23.2 Å². The van der Waals surface area contributed by atoms with Crippen LogP contribution in [0.1, 0.15) is 46.1 Å². The summed E-state index contributed by atoms with van der Waals surface area (Å²) in [6, 6.07) is 5.75. The fraction of sp³-hybridized carbons (Fsp3) is 0.429. The summed E-state index contributed by atoms with van der Waals surface area (Å²) in [6.45, 7) is 9.12. The lowest BCUT2D eigenvalue weighted by Crippen LogP contribution is -2.29. The van der Waals surface area contributed by atoms with Gasteiger partial charge >= 0.3 is 12.3 Å². The first-order chi connectivity index (χ1) is 14.4. The van der Waals surface area contributed by atoms with E-state index in [0.717, 1.165) is 7.11 Å². The number of hydrogen-bond acceptors (Lipinski definition) is 9. The highest BCUT2D eigenvalue weighted by atomic mass is 16.7. The molecule has 0 amide bonds. The first-order valence-corrected chi connectivity index (χ1v) is 9.46. The number of nitro groups is 1. The lowest BCUT2D eigenvalue weighted by Gasteiger charge is -2.30. The van der Waals surface area contributed by atoms with E-state index in [9.17, 15) is 19.7 Å². The molecule has 0 radical (unpaired) electrons. The van der Waals surface area contributed by atoms with E-state index in [2.05, 4.69) is 10.1 Å². The number of non-ortho nitro benzene ring substituents is 1. The van der Waals surface area contributed by atoms with Gasteiger partial charge in [0.1, 0.15) is 17.4 Å². The summed E-state index contributed by atoms with van der Waals surface area (Å²) in [7, 11) is 1.15. The number of methoxy groups -OCH3 is 1. The molecule has 1 unspecified atom stereocenters. The minimum atomic E-state index is -0.985. The van der Waals surface area contributed by atoms with E-state index in [-0.39, 0.29) is 29.2 Å². The largest absolute Gasteiger partial charge is 0.513 e. The van der Waals surface area contributed by atoms with Gasteiger partial charge in [-0.2, -0.15) is 0 Å². The number of rotatable bonds is 5. The third kappa shape index (κ3) is 6.21. The molecule has 0 aliphatic carbocycles. The number of carbonyl (C=O) groups excluding carboxylic acids is 2. The SMILES string of the molecule is COC(=O)OC1=C(C)NC(C)=C(OC(=O)OCC(C)(C)C)C1c1cccc([N+](=O)[O-])c1. The van der Waals surface area contributed by atoms with Crippen molar-refractivity contribution in [3.8, 4) is 0 Å². The van der Waals surface area contributed by atoms with Crippen LogP contribution in [-0.4, -0.2) is 31.0 Å². The van der Waals surface area contributed by atoms with Crippen LogP contribution in [0.4, 0.5) is 15.3 Å². The lowest BCUT2D eigenvalue weighted by atomic mass is 9.90. The number of allylic oxidation sites excluding steroid dienone is 2. The molecular formula is C21H26N2O8. The molecule has 1 aliphatic heterocycles. The molecule has 0 saturated carbocycles. The Kier molecular flexibility index (Phi) is 7.27. The van der Waals surface area contributed by atoms with Crippen molar-refractivity contribution in [2.75, 3.05) is 13.7 Å². The Labute approximate surface area is 180 Å². The van der Waals surface area contributed by atoms with Crippen molar-refractivity contribution in [1.29, 1.82) is 0 Å². The Morgan fingerprint density at radius 1 is 1.10 bits per heavy atom. The van der Waals surface area contributed by atoms with Crippen molar-refractivity contribution in [2.45, 2.75) is 40.5 Å². The molecule has 1 atom stereocenters. The second kappa shape index (κ2) is 9.50. The first-order valence-electron chi connectivity index (χ1n) is 9.46. The Morgan fingerprint density at radius 3 is 2.19 bits per heavy atom. The van der Waals surface area contributed by atoms with Gasteiger partial charge in [0.25, 0.3) is 5.69 Å². The summed E-state index contributed by atoms with van der Waals surface area (Å²) in [5, 5.41) is 14.3. The summed E-state index contributed by atoms with van der Waals surface area (Å²) >= 11 is 0. The van der Waals surface area contributed by atoms with Crippen molar-refractivity contribution in [3.05, 3.63) is 62.9 Å². The normalized spacial score (nSPS) is 16.4. The zero-order valence-electron chi connectivity index (χ0n) is 18.3. The number of dihydropyridines is 1. The molecule has 0 spiro atoms. The Bertz CT molecular complexity index is 943. The van der Waals surface area contributed by atoms with Crippen LogP contribution in [-0.2, 0) is 18.9 Å². The average Bonchev–Trinajstić information content (AvgIpc) is 2.69. The van der Waals surface area contributed by atoms with E-state index in [1.165, 1.54) is 18.2 Å². The summed E-state index contributed by atoms with van der Waals surface area (Å²) in [4.78, 5) is 34.9. The molecule has 2 rings (SSSR count). The standard InChI is InChI=1S/C21H26N2O8/c1-12-17(30-19(24)28-6)16(14-8-7-9-15(10-14)23(26)27)18(13(2)22-12)31-20(25)29-11-21(3,4)5/h7-10,16,22H,11H2,1-6H3. The monoisotopic (exact) mass is 434 g/mol. The number of ether oxygens (including phenoxy) is 4. The number of nitro benzene ring substituents is 1. The molecule has 1 aromatic carbocycles. The third-order valence-electron chi connectivity index (χ3n) is 4.23. The number of nitrogens with one attached hydrogen (secondary N) is 1. The van der Waals surface area contributed by atoms with Gasteiger partial charge in [0.2, 0.25) is 0 Å². The molecule has 168 valence electrons. The summed E-state index contributed by atoms with van der Waals surface area (Å²) in [5.74, 6) is -0.761. The fourth-order valence-corrected chi connectivity index (χ4v) is 2.87. The van der Waals surface area contributed by atoms with Crippen LogP contribution in [0.2, 0.25) is 0 Å². The van der Waals surface area contributed by atoms with Crippen LogP contribution in [0.5, 0.6) is 0 Å². The van der Waals surface area contributed by atoms with Gasteiger partial charge in [-0.1, -0.05) is 32.9 Å². The van der Waals surface area contributed by atoms with Gasteiger partial charge in [0.15, 0.2) is 0 Å². The third-order valence-corrected chi connectivity index (χ3v) is 4.23. The van der Waals surface area contributed by atoms with Gasteiger partial charge in [-0.25, -0.2) is 9.59 Å². The smallest absolute Gasteiger partial charge is 0.437 e. The zero-order chi connectivity index (χ0) is 23.3. The van der Waals surface area contributed by atoms with Crippen molar-refractivity contribution in [3.63, 3.8) is 0 Å². The molecule has 10 heteroatoms. The minimum absolute atomic E-state index is 0.0802. The van der Waals surface area contributed by atoms with Crippen molar-refractivity contribution < 1.29 is 33.5 Å². The van der Waals surface area contributed by atoms with Gasteiger partial charge < -0.3 is 24.3 Å². The maximum atomic E-state index is 12.4. The molecule has 10 nitrogen and oxygen atoms in total. The second-order valence-corrected chi connectivity index (χ2v) is 8.15. The van der Waals surface area contributed by atoms with Crippen LogP contribution < -0.4 is 5.32 Å². The fourth-order valence-electron chi connectivity index (χ4n) is 2.87. The Hall–Kier alpha value is -3.56. The van der Waals surface area contributed by atoms with Gasteiger partial charge in [0, 0.05) is 12.1 Å².